The summed E-state index contributed by atoms with van der Waals surface area (Å²) >= 11 is 0. The van der Waals surface area contributed by atoms with Crippen LogP contribution >= 0.6 is 0 Å². The molecule has 0 aliphatic carbocycles. The van der Waals surface area contributed by atoms with Gasteiger partial charge in [-0.25, -0.2) is 0 Å². The van der Waals surface area contributed by atoms with Crippen molar-refractivity contribution >= 4 is 107 Å². The molecule has 0 unspecified atom stereocenters. The Kier molecular flexibility index (Phi) is 6.77. The lowest BCUT2D eigenvalue weighted by Crippen LogP contribution is -2.75. The lowest BCUT2D eigenvalue weighted by molar-refractivity contribution is 1.48. The van der Waals surface area contributed by atoms with Crippen LogP contribution in [0.4, 0.5) is 0 Å². The highest BCUT2D eigenvalue weighted by atomic mass is 28.3. The second-order valence-electron chi connectivity index (χ2n) is 19.2. The minimum atomic E-state index is -3.06. The first-order valence-corrected chi connectivity index (χ1v) is 25.0. The van der Waals surface area contributed by atoms with Crippen molar-refractivity contribution < 1.29 is 0 Å². The summed E-state index contributed by atoms with van der Waals surface area (Å²) in [5.74, 6) is 0. The number of fused-ring (bicyclic) bond motifs is 10. The summed E-state index contributed by atoms with van der Waals surface area (Å²) in [6.45, 7) is 7.30. The number of rotatable bonds is 4. The molecule has 0 fully saturated rings. The monoisotopic (exact) mass is 822 g/mol. The third-order valence-electron chi connectivity index (χ3n) is 15.9. The molecule has 15 rings (SSSR count). The van der Waals surface area contributed by atoms with Crippen molar-refractivity contribution in [3.05, 3.63) is 205 Å². The van der Waals surface area contributed by atoms with Crippen LogP contribution in [0.15, 0.2) is 188 Å². The molecule has 11 aromatic rings. The fourth-order valence-corrected chi connectivity index (χ4v) is 18.7. The molecule has 294 valence electrons. The van der Waals surface area contributed by atoms with E-state index in [4.69, 9.17) is 0 Å². The highest BCUT2D eigenvalue weighted by Gasteiger charge is 2.48. The predicted octanol–water partition coefficient (Wildman–Crippen LogP) is 7.84. The van der Waals surface area contributed by atoms with Crippen molar-refractivity contribution in [1.29, 1.82) is 0 Å². The molecule has 0 amide bonds. The Morgan fingerprint density at radius 1 is 0.312 bits per heavy atom. The van der Waals surface area contributed by atoms with Gasteiger partial charge in [0.25, 0.3) is 0 Å². The van der Waals surface area contributed by atoms with E-state index >= 15 is 0 Å². The molecule has 0 saturated heterocycles. The van der Waals surface area contributed by atoms with E-state index in [0.717, 1.165) is 0 Å². The molecule has 0 saturated carbocycles. The molecule has 0 N–H and O–H groups in total. The van der Waals surface area contributed by atoms with Crippen LogP contribution in [0, 0.1) is 20.8 Å². The van der Waals surface area contributed by atoms with Crippen LogP contribution in [0.1, 0.15) is 16.7 Å². The Morgan fingerprint density at radius 2 is 0.703 bits per heavy atom. The van der Waals surface area contributed by atoms with E-state index in [0.29, 0.717) is 0 Å². The number of hydrogen-bond donors (Lipinski definition) is 0. The molecule has 0 aromatic heterocycles. The van der Waals surface area contributed by atoms with Crippen molar-refractivity contribution in [2.24, 2.45) is 0 Å². The smallest absolute Gasteiger partial charge is 0.0664 e. The van der Waals surface area contributed by atoms with Gasteiger partial charge < -0.3 is 0 Å². The maximum Gasteiger partial charge on any atom is 0.244 e. The van der Waals surface area contributed by atoms with Crippen LogP contribution in [0.25, 0.3) is 76.8 Å². The maximum absolute atomic E-state index is 3.06. The van der Waals surface area contributed by atoms with Crippen molar-refractivity contribution in [2.75, 3.05) is 0 Å². The molecule has 0 bridgehead atoms. The molecule has 3 heteroatoms. The van der Waals surface area contributed by atoms with Crippen LogP contribution < -0.4 is 53.5 Å². The van der Waals surface area contributed by atoms with Gasteiger partial charge in [0.05, 0.1) is 0 Å². The summed E-state index contributed by atoms with van der Waals surface area (Å²) in [6, 6.07) is 73.9. The molecule has 11 aromatic carbocycles. The zero-order chi connectivity index (χ0) is 42.2. The van der Waals surface area contributed by atoms with Gasteiger partial charge in [-0.15, -0.1) is 0 Å². The normalized spacial score (nSPS) is 13.5. The van der Waals surface area contributed by atoms with Gasteiger partial charge in [-0.3, -0.25) is 0 Å². The van der Waals surface area contributed by atoms with Gasteiger partial charge in [0.1, 0.15) is 0 Å². The summed E-state index contributed by atoms with van der Waals surface area (Å²) in [4.78, 5) is 0. The van der Waals surface area contributed by atoms with Crippen molar-refractivity contribution in [2.45, 2.75) is 20.8 Å². The SMILES string of the molecule is Cc1cc2c3c(c1)-c1cc(C)c4cc5c6c(cc([Si](c7ccccc7)(c7ccccc7)c7ccccc7)c7cc(c1c4c76)B3c1ccccc1-2)-c1cc(C)cc2c1B5c1ccccc1-2. The third-order valence-corrected chi connectivity index (χ3v) is 20.8. The lowest BCUT2D eigenvalue weighted by Gasteiger charge is -2.38. The van der Waals surface area contributed by atoms with Crippen LogP contribution in [0.2, 0.25) is 0 Å². The summed E-state index contributed by atoms with van der Waals surface area (Å²) in [5, 5.41) is 14.3. The van der Waals surface area contributed by atoms with Gasteiger partial charge in [-0.2, -0.15) is 0 Å². The second kappa shape index (κ2) is 12.3. The van der Waals surface area contributed by atoms with E-state index in [1.807, 2.05) is 0 Å². The van der Waals surface area contributed by atoms with E-state index in [-0.39, 0.29) is 13.4 Å². The lowest BCUT2D eigenvalue weighted by atomic mass is 9.34. The quantitative estimate of drug-likeness (QED) is 0.0966. The van der Waals surface area contributed by atoms with E-state index in [9.17, 15) is 0 Å². The first-order valence-electron chi connectivity index (χ1n) is 23.0. The summed E-state index contributed by atoms with van der Waals surface area (Å²) in [6.07, 6.45) is 0. The zero-order valence-electron chi connectivity index (χ0n) is 36.1. The number of benzene rings is 11. The molecule has 0 radical (unpaired) electrons. The van der Waals surface area contributed by atoms with Crippen LogP contribution in [0.5, 0.6) is 0 Å². The van der Waals surface area contributed by atoms with Crippen molar-refractivity contribution in [3.8, 4) is 44.5 Å². The number of aryl methyl sites for hydroxylation is 3. The third kappa shape index (κ3) is 4.18. The largest absolute Gasteiger partial charge is 0.244 e. The summed E-state index contributed by atoms with van der Waals surface area (Å²) in [7, 11) is -3.06. The van der Waals surface area contributed by atoms with Crippen LogP contribution in [0.3, 0.4) is 0 Å². The standard InChI is InChI=1S/C61H40B2Si/c1-35-27-46-41-23-14-16-26-52(41)63-54-33-50-55(64(38-17-7-4-8-18-38,39-19-9-5-10-20-39)40-21-11-6-12-22-40)34-45-49-30-36(2)28-47-42-24-13-15-25-51(42)62(61(47)49)53-32-43-37(3)31-44(48(29-35)60(46)63)56(54)58(43)59(50)57(45)53/h4-34H,1-3H3. The summed E-state index contributed by atoms with van der Waals surface area (Å²) in [5.41, 5.74) is 23.9. The number of hydrogen-bond acceptors (Lipinski definition) is 0. The first kappa shape index (κ1) is 35.3. The molecular weight excluding hydrogens is 782 g/mol. The first-order chi connectivity index (χ1) is 31.5. The summed E-state index contributed by atoms with van der Waals surface area (Å²) < 4.78 is 0. The topological polar surface area (TPSA) is 0 Å². The van der Waals surface area contributed by atoms with Gasteiger partial charge in [0.15, 0.2) is 8.07 Å². The zero-order valence-corrected chi connectivity index (χ0v) is 37.1. The van der Waals surface area contributed by atoms with E-state index < -0.39 is 8.07 Å². The van der Waals surface area contributed by atoms with E-state index in [1.165, 1.54) is 147 Å². The predicted molar refractivity (Wildman–Crippen MR) is 279 cm³/mol. The van der Waals surface area contributed by atoms with Crippen molar-refractivity contribution in [1.82, 2.24) is 0 Å². The molecule has 4 heterocycles. The van der Waals surface area contributed by atoms with Gasteiger partial charge >= 0.3 is 0 Å². The Hall–Kier alpha value is -7.19. The average Bonchev–Trinajstić information content (AvgIpc) is 3.85. The molecule has 0 nitrogen and oxygen atoms in total. The Labute approximate surface area is 375 Å². The highest BCUT2D eigenvalue weighted by Crippen LogP contribution is 2.47. The van der Waals surface area contributed by atoms with Gasteiger partial charge in [-0.1, -0.05) is 221 Å². The van der Waals surface area contributed by atoms with Crippen LogP contribution in [-0.2, 0) is 0 Å². The van der Waals surface area contributed by atoms with E-state index in [2.05, 4.69) is 209 Å². The van der Waals surface area contributed by atoms with Crippen LogP contribution in [-0.4, -0.2) is 21.5 Å². The van der Waals surface area contributed by atoms with Gasteiger partial charge in [0, 0.05) is 0 Å². The molecule has 0 spiro atoms. The average molecular weight is 823 g/mol. The van der Waals surface area contributed by atoms with E-state index in [1.54, 1.807) is 0 Å². The highest BCUT2D eigenvalue weighted by molar-refractivity contribution is 7.21. The Morgan fingerprint density at radius 3 is 1.19 bits per heavy atom. The Bertz CT molecular complexity index is 3770. The van der Waals surface area contributed by atoms with Gasteiger partial charge in [-0.05, 0) is 135 Å². The minimum absolute atomic E-state index is 0.150. The molecular formula is C61H40B2Si. The van der Waals surface area contributed by atoms with Gasteiger partial charge in [0.2, 0.25) is 13.4 Å². The fraction of sp³-hybridized carbons (Fsp3) is 0.0492. The minimum Gasteiger partial charge on any atom is -0.0664 e. The molecule has 4 aliphatic heterocycles. The van der Waals surface area contributed by atoms with Crippen molar-refractivity contribution in [3.63, 3.8) is 0 Å². The maximum atomic E-state index is 2.73. The molecule has 64 heavy (non-hydrogen) atoms. The molecule has 4 aliphatic rings. The second-order valence-corrected chi connectivity index (χ2v) is 22.9. The fourth-order valence-electron chi connectivity index (χ4n) is 13.7. The molecule has 0 atom stereocenters. The Balaban J connectivity index is 1.23.